The number of rotatable bonds is 11. The van der Waals surface area contributed by atoms with E-state index in [1.54, 1.807) is 0 Å². The molecular weight excluding hydrogens is 238 g/mol. The number of likely N-dealkylation sites (N-methyl/N-ethyl adjacent to an activating group) is 1. The lowest BCUT2D eigenvalue weighted by molar-refractivity contribution is -0.0734. The minimum Gasteiger partial charge on any atom is -0.378 e. The molecule has 0 aliphatic heterocycles. The number of hydrogen-bond donors (Lipinski definition) is 1. The van der Waals surface area contributed by atoms with Gasteiger partial charge < -0.3 is 14.8 Å². The molecule has 3 heteroatoms. The summed E-state index contributed by atoms with van der Waals surface area (Å²) in [5.41, 5.74) is 0.227. The normalized spacial score (nSPS) is 14.7. The maximum absolute atomic E-state index is 5.99. The Morgan fingerprint density at radius 3 is 2.21 bits per heavy atom. The SMILES string of the molecule is CCC(C)C(C)(C)CC(C)(C)OCCOCCNC. The highest BCUT2D eigenvalue weighted by atomic mass is 16.5. The molecule has 0 aliphatic carbocycles. The third-order valence-corrected chi connectivity index (χ3v) is 4.04. The van der Waals surface area contributed by atoms with Crippen molar-refractivity contribution in [3.8, 4) is 0 Å². The summed E-state index contributed by atoms with van der Waals surface area (Å²) in [7, 11) is 1.93. The first-order valence-electron chi connectivity index (χ1n) is 7.61. The zero-order valence-electron chi connectivity index (χ0n) is 14.1. The molecule has 0 aromatic carbocycles. The maximum Gasteiger partial charge on any atom is 0.0707 e. The molecule has 0 heterocycles. The van der Waals surface area contributed by atoms with Gasteiger partial charge in [-0.2, -0.15) is 0 Å². The molecule has 0 radical (unpaired) electrons. The molecule has 116 valence electrons. The molecule has 0 aromatic rings. The summed E-state index contributed by atoms with van der Waals surface area (Å²) in [4.78, 5) is 0. The van der Waals surface area contributed by atoms with Crippen molar-refractivity contribution >= 4 is 0 Å². The molecule has 19 heavy (non-hydrogen) atoms. The van der Waals surface area contributed by atoms with Crippen LogP contribution in [0.5, 0.6) is 0 Å². The molecule has 1 atom stereocenters. The molecule has 0 rings (SSSR count). The molecular formula is C16H35NO2. The zero-order chi connectivity index (χ0) is 14.9. The van der Waals surface area contributed by atoms with Gasteiger partial charge in [-0.1, -0.05) is 34.1 Å². The van der Waals surface area contributed by atoms with Gasteiger partial charge in [-0.05, 0) is 38.6 Å². The van der Waals surface area contributed by atoms with E-state index < -0.39 is 0 Å². The van der Waals surface area contributed by atoms with E-state index in [1.165, 1.54) is 6.42 Å². The van der Waals surface area contributed by atoms with Crippen LogP contribution in [0.2, 0.25) is 0 Å². The fourth-order valence-corrected chi connectivity index (χ4v) is 2.53. The molecule has 0 amide bonds. The number of nitrogens with one attached hydrogen (secondary N) is 1. The minimum atomic E-state index is -0.0840. The van der Waals surface area contributed by atoms with Crippen LogP contribution < -0.4 is 5.32 Å². The molecule has 0 saturated heterocycles. The average Bonchev–Trinajstić information content (AvgIpc) is 2.31. The Labute approximate surface area is 120 Å². The summed E-state index contributed by atoms with van der Waals surface area (Å²) >= 11 is 0. The summed E-state index contributed by atoms with van der Waals surface area (Å²) in [5, 5.41) is 3.06. The van der Waals surface area contributed by atoms with Crippen molar-refractivity contribution < 1.29 is 9.47 Å². The van der Waals surface area contributed by atoms with Gasteiger partial charge in [-0.25, -0.2) is 0 Å². The monoisotopic (exact) mass is 273 g/mol. The Balaban J connectivity index is 3.97. The van der Waals surface area contributed by atoms with Crippen molar-refractivity contribution in [2.75, 3.05) is 33.4 Å². The molecule has 3 nitrogen and oxygen atoms in total. The first kappa shape index (κ1) is 18.9. The van der Waals surface area contributed by atoms with Crippen LogP contribution in [0, 0.1) is 11.3 Å². The van der Waals surface area contributed by atoms with Gasteiger partial charge >= 0.3 is 0 Å². The van der Waals surface area contributed by atoms with Crippen LogP contribution in [-0.4, -0.2) is 39.0 Å². The summed E-state index contributed by atoms with van der Waals surface area (Å²) < 4.78 is 11.5. The predicted octanol–water partition coefficient (Wildman–Crippen LogP) is 3.48. The summed E-state index contributed by atoms with van der Waals surface area (Å²) in [6.07, 6.45) is 2.29. The van der Waals surface area contributed by atoms with Gasteiger partial charge in [0.25, 0.3) is 0 Å². The lowest BCUT2D eigenvalue weighted by Gasteiger charge is -2.38. The Morgan fingerprint density at radius 1 is 1.05 bits per heavy atom. The fraction of sp³-hybridized carbons (Fsp3) is 1.00. The van der Waals surface area contributed by atoms with Gasteiger partial charge in [0.2, 0.25) is 0 Å². The van der Waals surface area contributed by atoms with E-state index >= 15 is 0 Å². The molecule has 0 aliphatic rings. The Kier molecular flexibility index (Phi) is 8.88. The van der Waals surface area contributed by atoms with Crippen LogP contribution in [0.3, 0.4) is 0 Å². The van der Waals surface area contributed by atoms with Crippen molar-refractivity contribution in [2.45, 2.75) is 60.0 Å². The highest BCUT2D eigenvalue weighted by molar-refractivity contribution is 4.83. The van der Waals surface area contributed by atoms with E-state index in [0.717, 1.165) is 19.6 Å². The number of ether oxygens (including phenoxy) is 2. The molecule has 0 bridgehead atoms. The molecule has 0 spiro atoms. The molecule has 0 aromatic heterocycles. The second-order valence-electron chi connectivity index (χ2n) is 6.80. The Morgan fingerprint density at radius 2 is 1.68 bits per heavy atom. The summed E-state index contributed by atoms with van der Waals surface area (Å²) in [6.45, 7) is 16.6. The van der Waals surface area contributed by atoms with Gasteiger partial charge in [0.05, 0.1) is 25.4 Å². The lowest BCUT2D eigenvalue weighted by atomic mass is 9.72. The second kappa shape index (κ2) is 8.93. The van der Waals surface area contributed by atoms with E-state index in [4.69, 9.17) is 9.47 Å². The van der Waals surface area contributed by atoms with Crippen LogP contribution in [0.25, 0.3) is 0 Å². The van der Waals surface area contributed by atoms with E-state index in [1.807, 2.05) is 7.05 Å². The van der Waals surface area contributed by atoms with Crippen molar-refractivity contribution in [3.63, 3.8) is 0 Å². The van der Waals surface area contributed by atoms with Crippen LogP contribution in [0.15, 0.2) is 0 Å². The quantitative estimate of drug-likeness (QED) is 0.585. The first-order chi connectivity index (χ1) is 8.75. The van der Waals surface area contributed by atoms with E-state index in [0.29, 0.717) is 24.5 Å². The van der Waals surface area contributed by atoms with E-state index in [9.17, 15) is 0 Å². The summed E-state index contributed by atoms with van der Waals surface area (Å²) in [5.74, 6) is 0.710. The number of hydrogen-bond acceptors (Lipinski definition) is 3. The van der Waals surface area contributed by atoms with Crippen molar-refractivity contribution in [3.05, 3.63) is 0 Å². The predicted molar refractivity (Wildman–Crippen MR) is 82.6 cm³/mol. The fourth-order valence-electron chi connectivity index (χ4n) is 2.53. The second-order valence-corrected chi connectivity index (χ2v) is 6.80. The third kappa shape index (κ3) is 8.61. The third-order valence-electron chi connectivity index (χ3n) is 4.04. The van der Waals surface area contributed by atoms with Crippen molar-refractivity contribution in [1.82, 2.24) is 5.32 Å². The van der Waals surface area contributed by atoms with Gasteiger partial charge in [-0.15, -0.1) is 0 Å². The van der Waals surface area contributed by atoms with Crippen LogP contribution in [0.4, 0.5) is 0 Å². The zero-order valence-corrected chi connectivity index (χ0v) is 14.1. The highest BCUT2D eigenvalue weighted by Gasteiger charge is 2.32. The van der Waals surface area contributed by atoms with E-state index in [2.05, 4.69) is 46.9 Å². The maximum atomic E-state index is 5.99. The minimum absolute atomic E-state index is 0.0840. The van der Waals surface area contributed by atoms with Crippen molar-refractivity contribution in [2.24, 2.45) is 11.3 Å². The summed E-state index contributed by atoms with van der Waals surface area (Å²) in [6, 6.07) is 0. The molecule has 0 saturated carbocycles. The molecule has 0 fully saturated rings. The molecule has 1 unspecified atom stereocenters. The lowest BCUT2D eigenvalue weighted by Crippen LogP contribution is -2.35. The standard InChI is InChI=1S/C16H35NO2/c1-8-14(2)15(3,4)13-16(5,6)19-12-11-18-10-9-17-7/h14,17H,8-13H2,1-7H3. The van der Waals surface area contributed by atoms with Crippen LogP contribution >= 0.6 is 0 Å². The van der Waals surface area contributed by atoms with Crippen LogP contribution in [0.1, 0.15) is 54.4 Å². The van der Waals surface area contributed by atoms with Gasteiger partial charge in [0.1, 0.15) is 0 Å². The van der Waals surface area contributed by atoms with Gasteiger partial charge in [-0.3, -0.25) is 0 Å². The van der Waals surface area contributed by atoms with Crippen molar-refractivity contribution in [1.29, 1.82) is 0 Å². The smallest absolute Gasteiger partial charge is 0.0707 e. The van der Waals surface area contributed by atoms with Crippen LogP contribution in [-0.2, 0) is 9.47 Å². The van der Waals surface area contributed by atoms with Gasteiger partial charge in [0, 0.05) is 6.54 Å². The van der Waals surface area contributed by atoms with E-state index in [-0.39, 0.29) is 5.60 Å². The Bertz CT molecular complexity index is 227. The highest BCUT2D eigenvalue weighted by Crippen LogP contribution is 2.38. The largest absolute Gasteiger partial charge is 0.378 e. The first-order valence-corrected chi connectivity index (χ1v) is 7.61. The van der Waals surface area contributed by atoms with Gasteiger partial charge in [0.15, 0.2) is 0 Å². The Hall–Kier alpha value is -0.120. The topological polar surface area (TPSA) is 30.5 Å². The molecule has 1 N–H and O–H groups in total. The average molecular weight is 273 g/mol.